The van der Waals surface area contributed by atoms with Crippen LogP contribution in [0.1, 0.15) is 58.6 Å². The number of hydrogen-bond acceptors (Lipinski definition) is 7. The molecule has 1 unspecified atom stereocenters. The molecular weight excluding hydrogens is 484 g/mol. The number of hydrogen-bond donors (Lipinski definition) is 2. The molecule has 0 aliphatic carbocycles. The number of carbonyl (C=O) groups excluding carboxylic acids is 1. The number of ether oxygens (including phenoxy) is 2. The summed E-state index contributed by atoms with van der Waals surface area (Å²) in [6.07, 6.45) is 2.20. The fourth-order valence-electron chi connectivity index (χ4n) is 3.23. The fourth-order valence-corrected chi connectivity index (χ4v) is 4.06. The van der Waals surface area contributed by atoms with E-state index in [1.807, 2.05) is 43.5 Å². The highest BCUT2D eigenvalue weighted by atomic mass is 79.9. The highest BCUT2D eigenvalue weighted by molar-refractivity contribution is 7.13. The van der Waals surface area contributed by atoms with Crippen molar-refractivity contribution < 1.29 is 41.2 Å². The maximum Gasteiger partial charge on any atom is 0.318 e. The zero-order valence-corrected chi connectivity index (χ0v) is 20.6. The van der Waals surface area contributed by atoms with Crippen LogP contribution in [-0.2, 0) is 19.7 Å². The van der Waals surface area contributed by atoms with Crippen LogP contribution in [-0.4, -0.2) is 35.2 Å². The number of carbonyl (C=O) groups is 2. The number of anilines is 2. The average Bonchev–Trinajstić information content (AvgIpc) is 3.19. The molecule has 0 aliphatic rings. The molecule has 0 aliphatic heterocycles. The Bertz CT molecular complexity index is 828. The first-order valence-electron chi connectivity index (χ1n) is 10.3. The molecule has 2 N–H and O–H groups in total. The number of thiazole rings is 1. The molecule has 0 saturated heterocycles. The fraction of sp³-hybridized carbons (Fsp3) is 0.500. The second-order valence-corrected chi connectivity index (χ2v) is 7.78. The molecule has 1 heterocycles. The lowest BCUT2D eigenvalue weighted by Gasteiger charge is -2.29. The summed E-state index contributed by atoms with van der Waals surface area (Å²) in [5, 5.41) is 14.9. The molecule has 0 saturated carbocycles. The van der Waals surface area contributed by atoms with Crippen LogP contribution < -0.4 is 27.0 Å². The number of carboxylic acids is 1. The highest BCUT2D eigenvalue weighted by Crippen LogP contribution is 2.38. The van der Waals surface area contributed by atoms with Gasteiger partial charge in [-0.05, 0) is 51.0 Å². The second kappa shape index (κ2) is 13.3. The maximum atomic E-state index is 13.0. The van der Waals surface area contributed by atoms with Crippen molar-refractivity contribution in [2.75, 3.05) is 18.5 Å². The number of esters is 1. The van der Waals surface area contributed by atoms with Crippen LogP contribution in [0.25, 0.3) is 0 Å². The van der Waals surface area contributed by atoms with E-state index in [1.54, 1.807) is 6.92 Å². The molecule has 0 radical (unpaired) electrons. The smallest absolute Gasteiger partial charge is 0.318 e. The van der Waals surface area contributed by atoms with Crippen molar-refractivity contribution in [2.24, 2.45) is 0 Å². The lowest BCUT2D eigenvalue weighted by Crippen LogP contribution is -3.00. The van der Waals surface area contributed by atoms with Crippen molar-refractivity contribution in [1.82, 2.24) is 4.98 Å². The Kier molecular flexibility index (Phi) is 11.6. The number of unbranched alkanes of at least 4 members (excludes halogenated alkanes) is 1. The number of nitrogens with zero attached hydrogens (tertiary/aromatic N) is 1. The van der Waals surface area contributed by atoms with Gasteiger partial charge in [0.15, 0.2) is 5.13 Å². The van der Waals surface area contributed by atoms with Gasteiger partial charge < -0.3 is 36.9 Å². The van der Waals surface area contributed by atoms with Gasteiger partial charge in [0.2, 0.25) is 0 Å². The lowest BCUT2D eigenvalue weighted by atomic mass is 9.76. The van der Waals surface area contributed by atoms with Gasteiger partial charge in [-0.25, -0.2) is 4.98 Å². The van der Waals surface area contributed by atoms with Crippen molar-refractivity contribution in [3.8, 4) is 5.75 Å². The SMILES string of the molecule is CCCCC(CCC(=O)O)(C(=O)OCC)c1csc(Nc2ccc(OCC)cc2)n1.[Br-]. The first-order chi connectivity index (χ1) is 14.4. The van der Waals surface area contributed by atoms with E-state index in [9.17, 15) is 14.7 Å². The average molecular weight is 514 g/mol. The first-order valence-corrected chi connectivity index (χ1v) is 11.2. The molecule has 9 heteroatoms. The van der Waals surface area contributed by atoms with Gasteiger partial charge in [0, 0.05) is 17.5 Å². The summed E-state index contributed by atoms with van der Waals surface area (Å²) in [6, 6.07) is 7.53. The monoisotopic (exact) mass is 513 g/mol. The van der Waals surface area contributed by atoms with Gasteiger partial charge in [-0.3, -0.25) is 9.59 Å². The minimum Gasteiger partial charge on any atom is -1.00 e. The molecule has 2 aromatic rings. The van der Waals surface area contributed by atoms with Crippen LogP contribution in [0.15, 0.2) is 29.6 Å². The number of carboxylic acid groups (broad SMARTS) is 1. The minimum atomic E-state index is -1.06. The van der Waals surface area contributed by atoms with Crippen LogP contribution in [0.4, 0.5) is 10.8 Å². The van der Waals surface area contributed by atoms with Gasteiger partial charge >= 0.3 is 11.9 Å². The van der Waals surface area contributed by atoms with Crippen LogP contribution in [0.2, 0.25) is 0 Å². The topological polar surface area (TPSA) is 97.8 Å². The summed E-state index contributed by atoms with van der Waals surface area (Å²) >= 11 is 1.38. The largest absolute Gasteiger partial charge is 1.00 e. The Morgan fingerprint density at radius 2 is 1.84 bits per heavy atom. The van der Waals surface area contributed by atoms with Crippen molar-refractivity contribution in [3.05, 3.63) is 35.3 Å². The Labute approximate surface area is 197 Å². The number of rotatable bonds is 13. The highest BCUT2D eigenvalue weighted by Gasteiger charge is 2.43. The third-order valence-electron chi connectivity index (χ3n) is 4.80. The van der Waals surface area contributed by atoms with E-state index in [0.29, 0.717) is 23.9 Å². The minimum absolute atomic E-state index is 0. The molecule has 172 valence electrons. The van der Waals surface area contributed by atoms with E-state index < -0.39 is 17.4 Å². The summed E-state index contributed by atoms with van der Waals surface area (Å²) < 4.78 is 10.8. The van der Waals surface area contributed by atoms with Crippen LogP contribution in [0, 0.1) is 0 Å². The molecule has 7 nitrogen and oxygen atoms in total. The van der Waals surface area contributed by atoms with Gasteiger partial charge in [0.25, 0.3) is 0 Å². The summed E-state index contributed by atoms with van der Waals surface area (Å²) in [5.41, 5.74) is 0.355. The van der Waals surface area contributed by atoms with Crippen molar-refractivity contribution in [2.45, 2.75) is 58.3 Å². The number of nitrogens with one attached hydrogen (secondary N) is 1. The molecule has 0 amide bonds. The summed E-state index contributed by atoms with van der Waals surface area (Å²) in [7, 11) is 0. The normalized spacial score (nSPS) is 12.4. The Hall–Kier alpha value is -2.13. The van der Waals surface area contributed by atoms with Crippen LogP contribution in [0.5, 0.6) is 5.75 Å². The van der Waals surface area contributed by atoms with Gasteiger partial charge in [0.05, 0.1) is 18.9 Å². The predicted octanol–water partition coefficient (Wildman–Crippen LogP) is 2.15. The molecule has 1 atom stereocenters. The molecule has 2 rings (SSSR count). The standard InChI is InChI=1S/C22H30N2O5S.BrH/c1-4-7-13-22(14-12-19(25)26,20(27)29-6-3)18-15-30-21(24-18)23-16-8-10-17(11-9-16)28-5-2;/h8-11,15H,4-7,12-14H2,1-3H3,(H,23,24)(H,25,26);1H/p-1. The predicted molar refractivity (Wildman–Crippen MR) is 118 cm³/mol. The molecule has 0 bridgehead atoms. The van der Waals surface area contributed by atoms with Crippen LogP contribution >= 0.6 is 11.3 Å². The lowest BCUT2D eigenvalue weighted by molar-refractivity contribution is -0.151. The van der Waals surface area contributed by atoms with Gasteiger partial charge in [-0.15, -0.1) is 11.3 Å². The Morgan fingerprint density at radius 3 is 2.42 bits per heavy atom. The first kappa shape index (κ1) is 26.9. The quantitative estimate of drug-likeness (QED) is 0.396. The van der Waals surface area contributed by atoms with Crippen LogP contribution in [0.3, 0.4) is 0 Å². The second-order valence-electron chi connectivity index (χ2n) is 6.92. The maximum absolute atomic E-state index is 13.0. The van der Waals surface area contributed by atoms with E-state index in [2.05, 4.69) is 10.3 Å². The molecule has 0 fully saturated rings. The van der Waals surface area contributed by atoms with E-state index in [0.717, 1.165) is 24.3 Å². The molecule has 31 heavy (non-hydrogen) atoms. The molecule has 1 aromatic heterocycles. The Morgan fingerprint density at radius 1 is 1.13 bits per heavy atom. The van der Waals surface area contributed by atoms with E-state index in [1.165, 1.54) is 11.3 Å². The summed E-state index contributed by atoms with van der Waals surface area (Å²) in [5.74, 6) is -0.557. The molecular formula is C22H30BrN2O5S-. The van der Waals surface area contributed by atoms with E-state index >= 15 is 0 Å². The number of halogens is 1. The number of benzene rings is 1. The third-order valence-corrected chi connectivity index (χ3v) is 5.56. The summed E-state index contributed by atoms with van der Waals surface area (Å²) in [4.78, 5) is 28.9. The van der Waals surface area contributed by atoms with Gasteiger partial charge in [0.1, 0.15) is 11.2 Å². The van der Waals surface area contributed by atoms with Crippen molar-refractivity contribution in [3.63, 3.8) is 0 Å². The number of aromatic nitrogens is 1. The Balaban J connectivity index is 0.00000480. The number of aliphatic carboxylic acids is 1. The summed E-state index contributed by atoms with van der Waals surface area (Å²) in [6.45, 7) is 6.56. The van der Waals surface area contributed by atoms with Crippen molar-refractivity contribution >= 4 is 34.1 Å². The zero-order valence-electron chi connectivity index (χ0n) is 18.2. The van der Waals surface area contributed by atoms with Gasteiger partial charge in [-0.2, -0.15) is 0 Å². The molecule has 0 spiro atoms. The van der Waals surface area contributed by atoms with E-state index in [4.69, 9.17) is 9.47 Å². The molecule has 1 aromatic carbocycles. The van der Waals surface area contributed by atoms with Gasteiger partial charge in [-0.1, -0.05) is 19.8 Å². The van der Waals surface area contributed by atoms with E-state index in [-0.39, 0.29) is 36.4 Å². The third kappa shape index (κ3) is 7.50. The van der Waals surface area contributed by atoms with Crippen molar-refractivity contribution in [1.29, 1.82) is 0 Å². The zero-order chi connectivity index (χ0) is 22.0.